The fourth-order valence-electron chi connectivity index (χ4n) is 1.93. The highest BCUT2D eigenvalue weighted by Crippen LogP contribution is 2.23. The molecule has 0 aliphatic carbocycles. The second-order valence-electron chi connectivity index (χ2n) is 4.60. The van der Waals surface area contributed by atoms with Gasteiger partial charge in [0.1, 0.15) is 5.75 Å². The van der Waals surface area contributed by atoms with Gasteiger partial charge in [0.05, 0.1) is 24.3 Å². The van der Waals surface area contributed by atoms with Gasteiger partial charge in [0.15, 0.2) is 0 Å². The first kappa shape index (κ1) is 15.3. The molecule has 0 bridgehead atoms. The highest BCUT2D eigenvalue weighted by molar-refractivity contribution is 7.92. The molecule has 5 nitrogen and oxygen atoms in total. The van der Waals surface area contributed by atoms with Crippen LogP contribution in [-0.2, 0) is 16.6 Å². The van der Waals surface area contributed by atoms with E-state index >= 15 is 0 Å². The number of hydrogen-bond donors (Lipinski definition) is 2. The van der Waals surface area contributed by atoms with Crippen LogP contribution in [-0.4, -0.2) is 20.6 Å². The molecular formula is C15H17NO4S. The van der Waals surface area contributed by atoms with Crippen LogP contribution in [0, 0.1) is 6.92 Å². The molecule has 0 saturated carbocycles. The van der Waals surface area contributed by atoms with E-state index < -0.39 is 10.0 Å². The monoisotopic (exact) mass is 307 g/mol. The molecule has 0 saturated heterocycles. The second kappa shape index (κ2) is 6.15. The van der Waals surface area contributed by atoms with E-state index in [-0.39, 0.29) is 11.5 Å². The largest absolute Gasteiger partial charge is 0.497 e. The highest BCUT2D eigenvalue weighted by atomic mass is 32.2. The van der Waals surface area contributed by atoms with E-state index in [0.29, 0.717) is 22.6 Å². The summed E-state index contributed by atoms with van der Waals surface area (Å²) in [5.74, 6) is 0.566. The maximum atomic E-state index is 12.5. The number of ether oxygens (including phenoxy) is 1. The fraction of sp³-hybridized carbons (Fsp3) is 0.200. The standard InChI is InChI=1S/C15H17NO4S/c1-11-6-7-12(10-17)8-15(11)21(18,19)16-13-4-3-5-14(9-13)20-2/h3-9,16-17H,10H2,1-2H3. The maximum absolute atomic E-state index is 12.5. The van der Waals surface area contributed by atoms with Gasteiger partial charge in [-0.15, -0.1) is 0 Å². The highest BCUT2D eigenvalue weighted by Gasteiger charge is 2.17. The molecule has 0 spiro atoms. The third kappa shape index (κ3) is 3.53. The van der Waals surface area contributed by atoms with E-state index in [4.69, 9.17) is 9.84 Å². The van der Waals surface area contributed by atoms with Crippen LogP contribution in [0.2, 0.25) is 0 Å². The summed E-state index contributed by atoms with van der Waals surface area (Å²) in [7, 11) is -2.20. The van der Waals surface area contributed by atoms with Gasteiger partial charge in [0, 0.05) is 6.07 Å². The van der Waals surface area contributed by atoms with Gasteiger partial charge in [-0.05, 0) is 36.2 Å². The Kier molecular flexibility index (Phi) is 4.50. The van der Waals surface area contributed by atoms with E-state index in [0.717, 1.165) is 0 Å². The summed E-state index contributed by atoms with van der Waals surface area (Å²) in [6, 6.07) is 11.5. The van der Waals surface area contributed by atoms with Crippen molar-refractivity contribution in [3.05, 3.63) is 53.6 Å². The topological polar surface area (TPSA) is 75.6 Å². The number of nitrogens with one attached hydrogen (secondary N) is 1. The fourth-order valence-corrected chi connectivity index (χ4v) is 3.27. The van der Waals surface area contributed by atoms with Crippen molar-refractivity contribution >= 4 is 15.7 Å². The Labute approximate surface area is 124 Å². The normalized spacial score (nSPS) is 11.2. The summed E-state index contributed by atoms with van der Waals surface area (Å²) in [6.07, 6.45) is 0. The first-order chi connectivity index (χ1) is 9.96. The summed E-state index contributed by atoms with van der Waals surface area (Å²) >= 11 is 0. The van der Waals surface area contributed by atoms with Crippen molar-refractivity contribution in [2.45, 2.75) is 18.4 Å². The third-order valence-corrected chi connectivity index (χ3v) is 4.57. The Morgan fingerprint density at radius 3 is 2.62 bits per heavy atom. The molecule has 0 radical (unpaired) electrons. The minimum Gasteiger partial charge on any atom is -0.497 e. The molecule has 0 atom stereocenters. The van der Waals surface area contributed by atoms with Gasteiger partial charge >= 0.3 is 0 Å². The number of methoxy groups -OCH3 is 1. The van der Waals surface area contributed by atoms with E-state index in [1.165, 1.54) is 13.2 Å². The number of anilines is 1. The lowest BCUT2D eigenvalue weighted by atomic mass is 10.2. The summed E-state index contributed by atoms with van der Waals surface area (Å²) in [5.41, 5.74) is 1.58. The molecule has 2 aromatic rings. The molecule has 21 heavy (non-hydrogen) atoms. The molecule has 0 aliphatic rings. The van der Waals surface area contributed by atoms with Crippen molar-refractivity contribution in [1.82, 2.24) is 0 Å². The minimum atomic E-state index is -3.72. The van der Waals surface area contributed by atoms with Crippen molar-refractivity contribution in [3.8, 4) is 5.75 Å². The summed E-state index contributed by atoms with van der Waals surface area (Å²) in [5, 5.41) is 9.14. The van der Waals surface area contributed by atoms with Crippen LogP contribution >= 0.6 is 0 Å². The second-order valence-corrected chi connectivity index (χ2v) is 6.25. The van der Waals surface area contributed by atoms with Crippen LogP contribution < -0.4 is 9.46 Å². The number of hydrogen-bond acceptors (Lipinski definition) is 4. The number of sulfonamides is 1. The number of aryl methyl sites for hydroxylation is 1. The minimum absolute atomic E-state index is 0.150. The molecule has 0 heterocycles. The molecule has 0 aromatic heterocycles. The van der Waals surface area contributed by atoms with Crippen molar-refractivity contribution in [2.75, 3.05) is 11.8 Å². The SMILES string of the molecule is COc1cccc(NS(=O)(=O)c2cc(CO)ccc2C)c1. The molecule has 0 aliphatic heterocycles. The zero-order chi connectivity index (χ0) is 15.5. The van der Waals surface area contributed by atoms with E-state index in [9.17, 15) is 8.42 Å². The van der Waals surface area contributed by atoms with E-state index in [2.05, 4.69) is 4.72 Å². The van der Waals surface area contributed by atoms with Crippen LogP contribution in [0.4, 0.5) is 5.69 Å². The van der Waals surface area contributed by atoms with Crippen molar-refractivity contribution in [2.24, 2.45) is 0 Å². The number of benzene rings is 2. The Balaban J connectivity index is 2.38. The molecule has 0 amide bonds. The third-order valence-electron chi connectivity index (χ3n) is 3.05. The van der Waals surface area contributed by atoms with Gasteiger partial charge in [-0.2, -0.15) is 0 Å². The smallest absolute Gasteiger partial charge is 0.262 e. The van der Waals surface area contributed by atoms with Crippen LogP contribution in [0.5, 0.6) is 5.75 Å². The summed E-state index contributed by atoms with van der Waals surface area (Å²) in [4.78, 5) is 0.150. The van der Waals surface area contributed by atoms with Gasteiger partial charge in [-0.25, -0.2) is 8.42 Å². The van der Waals surface area contributed by atoms with Crippen molar-refractivity contribution in [1.29, 1.82) is 0 Å². The molecule has 2 aromatic carbocycles. The summed E-state index contributed by atoms with van der Waals surface area (Å²) in [6.45, 7) is 1.50. The Morgan fingerprint density at radius 2 is 1.95 bits per heavy atom. The van der Waals surface area contributed by atoms with Crippen LogP contribution in [0.15, 0.2) is 47.4 Å². The first-order valence-electron chi connectivity index (χ1n) is 6.33. The van der Waals surface area contributed by atoms with Crippen molar-refractivity contribution in [3.63, 3.8) is 0 Å². The van der Waals surface area contributed by atoms with Crippen LogP contribution in [0.3, 0.4) is 0 Å². The lowest BCUT2D eigenvalue weighted by Crippen LogP contribution is -2.14. The zero-order valence-corrected chi connectivity index (χ0v) is 12.6. The van der Waals surface area contributed by atoms with Crippen LogP contribution in [0.25, 0.3) is 0 Å². The number of rotatable bonds is 5. The maximum Gasteiger partial charge on any atom is 0.262 e. The van der Waals surface area contributed by atoms with Crippen LogP contribution in [0.1, 0.15) is 11.1 Å². The zero-order valence-electron chi connectivity index (χ0n) is 11.8. The molecular weight excluding hydrogens is 290 g/mol. The lowest BCUT2D eigenvalue weighted by molar-refractivity contribution is 0.281. The van der Waals surface area contributed by atoms with E-state index in [1.807, 2.05) is 0 Å². The Morgan fingerprint density at radius 1 is 1.19 bits per heavy atom. The lowest BCUT2D eigenvalue weighted by Gasteiger charge is -2.12. The molecule has 0 fully saturated rings. The Hall–Kier alpha value is -2.05. The first-order valence-corrected chi connectivity index (χ1v) is 7.82. The predicted octanol–water partition coefficient (Wildman–Crippen LogP) is 2.30. The van der Waals surface area contributed by atoms with Gasteiger partial charge in [0.2, 0.25) is 0 Å². The quantitative estimate of drug-likeness (QED) is 0.888. The Bertz CT molecular complexity index is 741. The predicted molar refractivity (Wildman–Crippen MR) is 80.9 cm³/mol. The molecule has 2 rings (SSSR count). The van der Waals surface area contributed by atoms with Gasteiger partial charge in [-0.1, -0.05) is 18.2 Å². The van der Waals surface area contributed by atoms with Gasteiger partial charge < -0.3 is 9.84 Å². The molecule has 2 N–H and O–H groups in total. The average molecular weight is 307 g/mol. The van der Waals surface area contributed by atoms with E-state index in [1.54, 1.807) is 43.3 Å². The molecule has 0 unspecified atom stereocenters. The number of aliphatic hydroxyl groups excluding tert-OH is 1. The van der Waals surface area contributed by atoms with Gasteiger partial charge in [0.25, 0.3) is 10.0 Å². The van der Waals surface area contributed by atoms with Crippen molar-refractivity contribution < 1.29 is 18.3 Å². The summed E-state index contributed by atoms with van der Waals surface area (Å²) < 4.78 is 32.5. The average Bonchev–Trinajstić information content (AvgIpc) is 2.47. The van der Waals surface area contributed by atoms with Gasteiger partial charge in [-0.3, -0.25) is 4.72 Å². The number of aliphatic hydroxyl groups is 1. The molecule has 112 valence electrons. The molecule has 6 heteroatoms.